The van der Waals surface area contributed by atoms with Crippen LogP contribution in [0.3, 0.4) is 0 Å². The van der Waals surface area contributed by atoms with Gasteiger partial charge in [0.25, 0.3) is 0 Å². The van der Waals surface area contributed by atoms with Gasteiger partial charge in [0, 0.05) is 31.2 Å². The maximum atomic E-state index is 5.02. The van der Waals surface area contributed by atoms with Gasteiger partial charge < -0.3 is 15.5 Å². The third-order valence-electron chi connectivity index (χ3n) is 6.94. The standard InChI is InChI=1S/C20H36N4/c1-3-21-20(22-13-19(14-7-8-14)15-9-10-15)23-16-11-17-5-4-6-18(12-16)24(17)2/h14-19H,3-13H2,1-2H3,(H2,21,22,23). The summed E-state index contributed by atoms with van der Waals surface area (Å²) in [7, 11) is 2.33. The van der Waals surface area contributed by atoms with Crippen LogP contribution in [0, 0.1) is 17.8 Å². The SMILES string of the molecule is CCNC(=NCC(C1CC1)C1CC1)NC1CC2CCCC(C1)N2C. The molecule has 2 aliphatic heterocycles. The molecule has 4 heteroatoms. The van der Waals surface area contributed by atoms with Crippen molar-refractivity contribution in [2.75, 3.05) is 20.1 Å². The zero-order valence-corrected chi connectivity index (χ0v) is 15.6. The Morgan fingerprint density at radius 2 is 1.67 bits per heavy atom. The van der Waals surface area contributed by atoms with Crippen LogP contribution in [0.15, 0.2) is 4.99 Å². The summed E-state index contributed by atoms with van der Waals surface area (Å²) in [6.45, 7) is 4.19. The van der Waals surface area contributed by atoms with E-state index in [1.54, 1.807) is 0 Å². The molecule has 0 spiro atoms. The molecule has 2 atom stereocenters. The highest BCUT2D eigenvalue weighted by molar-refractivity contribution is 5.80. The third-order valence-corrected chi connectivity index (χ3v) is 6.94. The Morgan fingerprint density at radius 3 is 2.21 bits per heavy atom. The van der Waals surface area contributed by atoms with Gasteiger partial charge in [0.2, 0.25) is 0 Å². The van der Waals surface area contributed by atoms with Crippen molar-refractivity contribution in [2.24, 2.45) is 22.7 Å². The molecule has 24 heavy (non-hydrogen) atoms. The molecule has 2 bridgehead atoms. The fourth-order valence-corrected chi connectivity index (χ4v) is 5.18. The number of piperidine rings is 2. The van der Waals surface area contributed by atoms with Gasteiger partial charge in [0.1, 0.15) is 0 Å². The lowest BCUT2D eigenvalue weighted by Gasteiger charge is -2.47. The van der Waals surface area contributed by atoms with Crippen LogP contribution in [-0.4, -0.2) is 49.1 Å². The summed E-state index contributed by atoms with van der Waals surface area (Å²) in [5.74, 6) is 3.94. The van der Waals surface area contributed by atoms with E-state index >= 15 is 0 Å². The highest BCUT2D eigenvalue weighted by atomic mass is 15.2. The summed E-state index contributed by atoms with van der Waals surface area (Å²) in [4.78, 5) is 7.67. The number of hydrogen-bond donors (Lipinski definition) is 2. The van der Waals surface area contributed by atoms with Crippen LogP contribution < -0.4 is 10.6 Å². The van der Waals surface area contributed by atoms with Crippen LogP contribution in [0.5, 0.6) is 0 Å². The van der Waals surface area contributed by atoms with Gasteiger partial charge in [-0.1, -0.05) is 6.42 Å². The summed E-state index contributed by atoms with van der Waals surface area (Å²) >= 11 is 0. The van der Waals surface area contributed by atoms with Crippen molar-refractivity contribution in [3.63, 3.8) is 0 Å². The molecule has 2 saturated heterocycles. The first-order valence-corrected chi connectivity index (χ1v) is 10.5. The molecular formula is C20H36N4. The lowest BCUT2D eigenvalue weighted by molar-refractivity contribution is 0.0526. The number of fused-ring (bicyclic) bond motifs is 2. The summed E-state index contributed by atoms with van der Waals surface area (Å²) < 4.78 is 0. The summed E-state index contributed by atoms with van der Waals surface area (Å²) in [6.07, 6.45) is 12.6. The van der Waals surface area contributed by atoms with Crippen molar-refractivity contribution in [3.05, 3.63) is 0 Å². The second-order valence-electron chi connectivity index (χ2n) is 8.78. The molecule has 0 amide bonds. The first-order valence-electron chi connectivity index (χ1n) is 10.5. The number of guanidine groups is 1. The molecule has 136 valence electrons. The molecule has 4 aliphatic rings. The molecule has 4 rings (SSSR count). The van der Waals surface area contributed by atoms with Gasteiger partial charge >= 0.3 is 0 Å². The zero-order chi connectivity index (χ0) is 16.5. The van der Waals surface area contributed by atoms with Crippen LogP contribution in [0.4, 0.5) is 0 Å². The largest absolute Gasteiger partial charge is 0.357 e. The van der Waals surface area contributed by atoms with Gasteiger partial charge in [-0.3, -0.25) is 4.99 Å². The van der Waals surface area contributed by atoms with E-state index < -0.39 is 0 Å². The van der Waals surface area contributed by atoms with Crippen molar-refractivity contribution in [1.29, 1.82) is 0 Å². The monoisotopic (exact) mass is 332 g/mol. The molecule has 0 radical (unpaired) electrons. The van der Waals surface area contributed by atoms with E-state index in [1.807, 2.05) is 0 Å². The van der Waals surface area contributed by atoms with E-state index in [1.165, 1.54) is 57.8 Å². The molecular weight excluding hydrogens is 296 g/mol. The van der Waals surface area contributed by atoms with Crippen molar-refractivity contribution >= 4 is 5.96 Å². The Balaban J connectivity index is 1.35. The second-order valence-corrected chi connectivity index (χ2v) is 8.78. The number of aliphatic imine (C=N–C) groups is 1. The Kier molecular flexibility index (Phi) is 5.03. The lowest BCUT2D eigenvalue weighted by Crippen LogP contribution is -2.56. The van der Waals surface area contributed by atoms with Gasteiger partial charge in [-0.25, -0.2) is 0 Å². The van der Waals surface area contributed by atoms with Crippen molar-refractivity contribution in [2.45, 2.75) is 82.8 Å². The number of hydrogen-bond acceptors (Lipinski definition) is 2. The van der Waals surface area contributed by atoms with E-state index in [0.29, 0.717) is 6.04 Å². The topological polar surface area (TPSA) is 39.7 Å². The maximum Gasteiger partial charge on any atom is 0.191 e. The molecule has 2 unspecified atom stereocenters. The summed E-state index contributed by atoms with van der Waals surface area (Å²) in [6, 6.07) is 2.17. The highest BCUT2D eigenvalue weighted by Crippen LogP contribution is 2.49. The first kappa shape index (κ1) is 16.7. The smallest absolute Gasteiger partial charge is 0.191 e. The van der Waals surface area contributed by atoms with Crippen LogP contribution in [0.2, 0.25) is 0 Å². The molecule has 0 aromatic carbocycles. The predicted octanol–water partition coefficient (Wildman–Crippen LogP) is 2.99. The normalized spacial score (nSPS) is 34.5. The second kappa shape index (κ2) is 7.23. The van der Waals surface area contributed by atoms with Crippen molar-refractivity contribution in [3.8, 4) is 0 Å². The Labute approximate surface area is 147 Å². The minimum Gasteiger partial charge on any atom is -0.357 e. The van der Waals surface area contributed by atoms with Gasteiger partial charge in [-0.15, -0.1) is 0 Å². The van der Waals surface area contributed by atoms with Crippen molar-refractivity contribution < 1.29 is 0 Å². The maximum absolute atomic E-state index is 5.02. The third kappa shape index (κ3) is 3.89. The summed E-state index contributed by atoms with van der Waals surface area (Å²) in [5.41, 5.74) is 0. The van der Waals surface area contributed by atoms with Crippen LogP contribution in [0.1, 0.15) is 64.7 Å². The molecule has 2 aliphatic carbocycles. The first-order chi connectivity index (χ1) is 11.7. The molecule has 2 saturated carbocycles. The average Bonchev–Trinajstić information content (AvgIpc) is 3.43. The van der Waals surface area contributed by atoms with E-state index in [-0.39, 0.29) is 0 Å². The average molecular weight is 333 g/mol. The Hall–Kier alpha value is -0.770. The van der Waals surface area contributed by atoms with Gasteiger partial charge in [-0.2, -0.15) is 0 Å². The zero-order valence-electron chi connectivity index (χ0n) is 15.6. The Bertz CT molecular complexity index is 429. The van der Waals surface area contributed by atoms with Crippen LogP contribution in [-0.2, 0) is 0 Å². The number of nitrogens with one attached hydrogen (secondary N) is 2. The van der Waals surface area contributed by atoms with Crippen LogP contribution >= 0.6 is 0 Å². The molecule has 4 fully saturated rings. The molecule has 2 heterocycles. The van der Waals surface area contributed by atoms with Crippen LogP contribution in [0.25, 0.3) is 0 Å². The van der Waals surface area contributed by atoms with Gasteiger partial charge in [0.15, 0.2) is 5.96 Å². The minimum absolute atomic E-state index is 0.606. The van der Waals surface area contributed by atoms with E-state index in [2.05, 4.69) is 29.5 Å². The van der Waals surface area contributed by atoms with Gasteiger partial charge in [-0.05, 0) is 83.1 Å². The summed E-state index contributed by atoms with van der Waals surface area (Å²) in [5, 5.41) is 7.30. The molecule has 0 aromatic heterocycles. The highest BCUT2D eigenvalue weighted by Gasteiger charge is 2.41. The fraction of sp³-hybridized carbons (Fsp3) is 0.950. The van der Waals surface area contributed by atoms with E-state index in [4.69, 9.17) is 4.99 Å². The molecule has 0 aromatic rings. The number of nitrogens with zero attached hydrogens (tertiary/aromatic N) is 2. The van der Waals surface area contributed by atoms with Gasteiger partial charge in [0.05, 0.1) is 0 Å². The van der Waals surface area contributed by atoms with E-state index in [9.17, 15) is 0 Å². The minimum atomic E-state index is 0.606. The lowest BCUT2D eigenvalue weighted by atomic mass is 9.82. The number of rotatable bonds is 6. The van der Waals surface area contributed by atoms with E-state index in [0.717, 1.165) is 48.9 Å². The van der Waals surface area contributed by atoms with Crippen molar-refractivity contribution in [1.82, 2.24) is 15.5 Å². The molecule has 4 nitrogen and oxygen atoms in total. The quantitative estimate of drug-likeness (QED) is 0.580. The predicted molar refractivity (Wildman–Crippen MR) is 100 cm³/mol. The fourth-order valence-electron chi connectivity index (χ4n) is 5.18. The molecule has 2 N–H and O–H groups in total. The Morgan fingerprint density at radius 1 is 1.04 bits per heavy atom.